The molecule has 1 unspecified atom stereocenters. The fourth-order valence-electron chi connectivity index (χ4n) is 5.08. The van der Waals surface area contributed by atoms with Gasteiger partial charge in [-0.2, -0.15) is 0 Å². The summed E-state index contributed by atoms with van der Waals surface area (Å²) in [5.41, 5.74) is 3.74. The molecule has 0 fully saturated rings. The van der Waals surface area contributed by atoms with Crippen molar-refractivity contribution in [1.82, 2.24) is 4.90 Å². The van der Waals surface area contributed by atoms with Crippen LogP contribution >= 0.6 is 0 Å². The van der Waals surface area contributed by atoms with E-state index in [4.69, 9.17) is 23.7 Å². The van der Waals surface area contributed by atoms with E-state index in [0.717, 1.165) is 16.7 Å². The first kappa shape index (κ1) is 29.3. The van der Waals surface area contributed by atoms with Crippen LogP contribution in [-0.2, 0) is 22.6 Å². The van der Waals surface area contributed by atoms with Crippen LogP contribution in [0.5, 0.6) is 28.7 Å². The number of nitrogens with zero attached hydrogens (tertiary/aromatic N) is 1. The van der Waals surface area contributed by atoms with Crippen LogP contribution in [0.25, 0.3) is 0 Å². The summed E-state index contributed by atoms with van der Waals surface area (Å²) in [5, 5.41) is 2.99. The molecule has 4 aromatic rings. The fourth-order valence-corrected chi connectivity index (χ4v) is 5.08. The maximum Gasteiger partial charge on any atom is 0.251 e. The molecule has 9 nitrogen and oxygen atoms in total. The number of anilines is 1. The Morgan fingerprint density at radius 1 is 0.837 bits per heavy atom. The third kappa shape index (κ3) is 6.51. The molecule has 1 atom stereocenters. The predicted molar refractivity (Wildman–Crippen MR) is 162 cm³/mol. The summed E-state index contributed by atoms with van der Waals surface area (Å²) in [6, 6.07) is 24.8. The van der Waals surface area contributed by atoms with Gasteiger partial charge in [0.25, 0.3) is 5.91 Å². The molecule has 1 heterocycles. The lowest BCUT2D eigenvalue weighted by atomic mass is 9.99. The molecular weight excluding hydrogens is 548 g/mol. The molecule has 0 saturated carbocycles. The van der Waals surface area contributed by atoms with Crippen LogP contribution in [0, 0.1) is 6.92 Å². The van der Waals surface area contributed by atoms with E-state index in [1.807, 2.05) is 61.5 Å². The van der Waals surface area contributed by atoms with Gasteiger partial charge >= 0.3 is 0 Å². The van der Waals surface area contributed by atoms with Crippen molar-refractivity contribution in [1.29, 1.82) is 0 Å². The standard InChI is InChI=1S/C34H34N2O7/c1-22-10-8-9-13-24(22)20-36(31(37)16-23-11-6-5-7-12-23)32(25-17-29(39-2)33(41-4)30(18-25)40-3)34(38)35-26-14-15-27-28(19-26)43-21-42-27/h5-15,17-19,32H,16,20-21H2,1-4H3,(H,35,38). The first-order chi connectivity index (χ1) is 20.9. The van der Waals surface area contributed by atoms with Gasteiger partial charge in [-0.25, -0.2) is 0 Å². The second-order valence-electron chi connectivity index (χ2n) is 10.0. The van der Waals surface area contributed by atoms with Crippen molar-refractivity contribution in [2.75, 3.05) is 33.4 Å². The molecule has 0 bridgehead atoms. The fraction of sp³-hybridized carbons (Fsp3) is 0.235. The largest absolute Gasteiger partial charge is 0.493 e. The maximum atomic E-state index is 14.4. The Kier molecular flexibility index (Phi) is 9.00. The van der Waals surface area contributed by atoms with Gasteiger partial charge in [0.2, 0.25) is 18.4 Å². The van der Waals surface area contributed by atoms with Crippen molar-refractivity contribution in [2.24, 2.45) is 0 Å². The van der Waals surface area contributed by atoms with E-state index in [9.17, 15) is 9.59 Å². The third-order valence-electron chi connectivity index (χ3n) is 7.32. The number of hydrogen-bond acceptors (Lipinski definition) is 7. The molecule has 4 aromatic carbocycles. The molecule has 222 valence electrons. The second kappa shape index (κ2) is 13.2. The first-order valence-electron chi connectivity index (χ1n) is 13.8. The minimum Gasteiger partial charge on any atom is -0.493 e. The molecule has 43 heavy (non-hydrogen) atoms. The summed E-state index contributed by atoms with van der Waals surface area (Å²) in [6.45, 7) is 2.28. The highest BCUT2D eigenvalue weighted by atomic mass is 16.7. The highest BCUT2D eigenvalue weighted by Crippen LogP contribution is 2.42. The average Bonchev–Trinajstić information content (AvgIpc) is 3.49. The molecule has 5 rings (SSSR count). The summed E-state index contributed by atoms with van der Waals surface area (Å²) in [6.07, 6.45) is 0.102. The number of hydrogen-bond donors (Lipinski definition) is 1. The van der Waals surface area contributed by atoms with Crippen molar-refractivity contribution in [3.05, 3.63) is 107 Å². The Morgan fingerprint density at radius 2 is 1.51 bits per heavy atom. The van der Waals surface area contributed by atoms with Gasteiger partial charge in [0.05, 0.1) is 27.8 Å². The molecule has 0 spiro atoms. The van der Waals surface area contributed by atoms with Crippen LogP contribution < -0.4 is 29.0 Å². The Balaban J connectivity index is 1.62. The highest BCUT2D eigenvalue weighted by Gasteiger charge is 2.34. The van der Waals surface area contributed by atoms with Crippen molar-refractivity contribution >= 4 is 17.5 Å². The third-order valence-corrected chi connectivity index (χ3v) is 7.32. The molecular formula is C34H34N2O7. The van der Waals surface area contributed by atoms with E-state index in [-0.39, 0.29) is 25.7 Å². The molecule has 0 saturated heterocycles. The normalized spacial score (nSPS) is 12.3. The Bertz CT molecular complexity index is 1580. The monoisotopic (exact) mass is 582 g/mol. The quantitative estimate of drug-likeness (QED) is 0.242. The Morgan fingerprint density at radius 3 is 2.19 bits per heavy atom. The SMILES string of the molecule is COc1cc(C(C(=O)Nc2ccc3c(c2)OCO3)N(Cc2ccccc2C)C(=O)Cc2ccccc2)cc(OC)c1OC. The number of methoxy groups -OCH3 is 3. The van der Waals surface area contributed by atoms with Crippen LogP contribution in [0.1, 0.15) is 28.3 Å². The molecule has 0 aromatic heterocycles. The zero-order valence-electron chi connectivity index (χ0n) is 24.6. The lowest BCUT2D eigenvalue weighted by Crippen LogP contribution is -2.41. The van der Waals surface area contributed by atoms with Crippen molar-refractivity contribution in [3.63, 3.8) is 0 Å². The number of nitrogens with one attached hydrogen (secondary N) is 1. The number of carbonyl (C=O) groups excluding carboxylic acids is 2. The zero-order chi connectivity index (χ0) is 30.3. The Hall–Kier alpha value is -5.18. The Labute approximate surface area is 250 Å². The molecule has 0 aliphatic carbocycles. The lowest BCUT2D eigenvalue weighted by molar-refractivity contribution is -0.139. The van der Waals surface area contributed by atoms with Gasteiger partial charge < -0.3 is 33.9 Å². The molecule has 1 aliphatic heterocycles. The van der Waals surface area contributed by atoms with E-state index in [1.54, 1.807) is 35.2 Å². The maximum absolute atomic E-state index is 14.4. The minimum absolute atomic E-state index is 0.102. The number of ether oxygens (including phenoxy) is 5. The molecule has 1 aliphatic rings. The summed E-state index contributed by atoms with van der Waals surface area (Å²) in [7, 11) is 4.53. The number of carbonyl (C=O) groups is 2. The van der Waals surface area contributed by atoms with Gasteiger partial charge in [0.1, 0.15) is 6.04 Å². The van der Waals surface area contributed by atoms with Crippen LogP contribution in [-0.4, -0.2) is 44.8 Å². The number of aryl methyl sites for hydroxylation is 1. The molecule has 9 heteroatoms. The van der Waals surface area contributed by atoms with Gasteiger partial charge in [-0.05, 0) is 53.4 Å². The minimum atomic E-state index is -1.07. The zero-order valence-corrected chi connectivity index (χ0v) is 24.6. The molecule has 2 amide bonds. The lowest BCUT2D eigenvalue weighted by Gasteiger charge is -2.32. The summed E-state index contributed by atoms with van der Waals surface area (Å²) in [5.74, 6) is 1.58. The number of rotatable bonds is 11. The van der Waals surface area contributed by atoms with E-state index in [1.165, 1.54) is 21.3 Å². The van der Waals surface area contributed by atoms with Crippen molar-refractivity contribution < 1.29 is 33.3 Å². The van der Waals surface area contributed by atoms with Crippen molar-refractivity contribution in [3.8, 4) is 28.7 Å². The number of benzene rings is 4. The van der Waals surface area contributed by atoms with Crippen LogP contribution in [0.15, 0.2) is 84.9 Å². The van der Waals surface area contributed by atoms with Crippen LogP contribution in [0.3, 0.4) is 0 Å². The van der Waals surface area contributed by atoms with Gasteiger partial charge in [-0.1, -0.05) is 54.6 Å². The van der Waals surface area contributed by atoms with Crippen LogP contribution in [0.2, 0.25) is 0 Å². The second-order valence-corrected chi connectivity index (χ2v) is 10.0. The van der Waals surface area contributed by atoms with Gasteiger partial charge in [-0.15, -0.1) is 0 Å². The van der Waals surface area contributed by atoms with E-state index in [0.29, 0.717) is 40.0 Å². The molecule has 1 N–H and O–H groups in total. The van der Waals surface area contributed by atoms with Gasteiger partial charge in [0, 0.05) is 18.3 Å². The van der Waals surface area contributed by atoms with Gasteiger partial charge in [0.15, 0.2) is 23.0 Å². The summed E-state index contributed by atoms with van der Waals surface area (Å²) >= 11 is 0. The predicted octanol–water partition coefficient (Wildman–Crippen LogP) is 5.70. The number of amides is 2. The van der Waals surface area contributed by atoms with E-state index in [2.05, 4.69) is 5.32 Å². The first-order valence-corrected chi connectivity index (χ1v) is 13.8. The molecule has 0 radical (unpaired) electrons. The van der Waals surface area contributed by atoms with Crippen molar-refractivity contribution in [2.45, 2.75) is 25.9 Å². The average molecular weight is 583 g/mol. The summed E-state index contributed by atoms with van der Waals surface area (Å²) < 4.78 is 27.7. The topological polar surface area (TPSA) is 95.6 Å². The van der Waals surface area contributed by atoms with E-state index >= 15 is 0 Å². The highest BCUT2D eigenvalue weighted by molar-refractivity contribution is 5.98. The van der Waals surface area contributed by atoms with Gasteiger partial charge in [-0.3, -0.25) is 9.59 Å². The number of fused-ring (bicyclic) bond motifs is 1. The summed E-state index contributed by atoms with van der Waals surface area (Å²) in [4.78, 5) is 30.2. The van der Waals surface area contributed by atoms with Crippen LogP contribution in [0.4, 0.5) is 5.69 Å². The van der Waals surface area contributed by atoms with E-state index < -0.39 is 11.9 Å². The smallest absolute Gasteiger partial charge is 0.251 e.